The lowest BCUT2D eigenvalue weighted by atomic mass is 10.2. The molecule has 2 aromatic heterocycles. The van der Waals surface area contributed by atoms with Crippen molar-refractivity contribution in [2.75, 3.05) is 5.32 Å². The van der Waals surface area contributed by atoms with Gasteiger partial charge in [-0.05, 0) is 25.2 Å². The van der Waals surface area contributed by atoms with Crippen molar-refractivity contribution in [3.63, 3.8) is 0 Å². The molecular weight excluding hydrogens is 256 g/mol. The van der Waals surface area contributed by atoms with Gasteiger partial charge in [-0.25, -0.2) is 15.0 Å². The number of hydrogen-bond donors (Lipinski definition) is 1. The van der Waals surface area contributed by atoms with Crippen LogP contribution in [-0.4, -0.2) is 20.9 Å². The summed E-state index contributed by atoms with van der Waals surface area (Å²) in [4.78, 5) is 24.5. The van der Waals surface area contributed by atoms with Crippen molar-refractivity contribution in [1.82, 2.24) is 15.0 Å². The highest BCUT2D eigenvalue weighted by Gasteiger charge is 2.22. The van der Waals surface area contributed by atoms with Crippen molar-refractivity contribution in [2.24, 2.45) is 5.92 Å². The fraction of sp³-hybridized carbons (Fsp3) is 0.429. The number of nitrogens with one attached hydrogen (secondary N) is 1. The van der Waals surface area contributed by atoms with Gasteiger partial charge in [-0.2, -0.15) is 0 Å². The number of aromatic nitrogens is 3. The van der Waals surface area contributed by atoms with Crippen LogP contribution in [0.2, 0.25) is 0 Å². The molecule has 0 atom stereocenters. The molecule has 0 aliphatic heterocycles. The average molecular weight is 272 g/mol. The second-order valence-electron chi connectivity index (χ2n) is 4.97. The van der Waals surface area contributed by atoms with Gasteiger partial charge in [0.15, 0.2) is 6.39 Å². The third-order valence-electron chi connectivity index (χ3n) is 3.31. The molecule has 20 heavy (non-hydrogen) atoms. The van der Waals surface area contributed by atoms with Crippen molar-refractivity contribution in [3.05, 3.63) is 36.1 Å². The van der Waals surface area contributed by atoms with E-state index in [0.717, 1.165) is 18.2 Å². The van der Waals surface area contributed by atoms with Crippen molar-refractivity contribution in [3.8, 4) is 0 Å². The summed E-state index contributed by atoms with van der Waals surface area (Å²) >= 11 is 0. The van der Waals surface area contributed by atoms with Gasteiger partial charge in [0, 0.05) is 6.42 Å². The molecule has 6 nitrogen and oxygen atoms in total. The third-order valence-corrected chi connectivity index (χ3v) is 3.31. The lowest BCUT2D eigenvalue weighted by Gasteiger charge is -2.04. The Morgan fingerprint density at radius 3 is 2.75 bits per heavy atom. The Hall–Kier alpha value is -2.24. The molecule has 2 aromatic rings. The minimum Gasteiger partial charge on any atom is -0.438 e. The summed E-state index contributed by atoms with van der Waals surface area (Å²) in [6.45, 7) is 1.92. The topological polar surface area (TPSA) is 80.9 Å². The first-order valence-corrected chi connectivity index (χ1v) is 6.81. The molecule has 0 spiro atoms. The Bertz CT molecular complexity index is 602. The summed E-state index contributed by atoms with van der Waals surface area (Å²) in [6, 6.07) is 0. The molecule has 0 unspecified atom stereocenters. The highest BCUT2D eigenvalue weighted by molar-refractivity contribution is 6.02. The monoisotopic (exact) mass is 272 g/mol. The van der Waals surface area contributed by atoms with Gasteiger partial charge in [0.2, 0.25) is 5.76 Å². The number of carbonyl (C=O) groups excluding carboxylic acids is 1. The fourth-order valence-electron chi connectivity index (χ4n) is 2.00. The van der Waals surface area contributed by atoms with E-state index in [1.807, 2.05) is 6.92 Å². The summed E-state index contributed by atoms with van der Waals surface area (Å²) in [7, 11) is 0. The maximum Gasteiger partial charge on any atom is 0.293 e. The molecule has 104 valence electrons. The van der Waals surface area contributed by atoms with Crippen LogP contribution in [-0.2, 0) is 12.8 Å². The second kappa shape index (κ2) is 5.40. The van der Waals surface area contributed by atoms with Crippen molar-refractivity contribution < 1.29 is 9.21 Å². The zero-order valence-corrected chi connectivity index (χ0v) is 11.3. The number of rotatable bonds is 5. The van der Waals surface area contributed by atoms with Crippen molar-refractivity contribution in [1.29, 1.82) is 0 Å². The number of oxazole rings is 1. The molecule has 1 N–H and O–H groups in total. The Kier molecular flexibility index (Phi) is 3.45. The van der Waals surface area contributed by atoms with E-state index in [0.29, 0.717) is 17.8 Å². The summed E-state index contributed by atoms with van der Waals surface area (Å²) in [5.74, 6) is 1.50. The molecule has 0 radical (unpaired) electrons. The van der Waals surface area contributed by atoms with Gasteiger partial charge in [-0.1, -0.05) is 6.92 Å². The molecule has 3 rings (SSSR count). The Morgan fingerprint density at radius 1 is 1.35 bits per heavy atom. The predicted molar refractivity (Wildman–Crippen MR) is 72.3 cm³/mol. The zero-order valence-electron chi connectivity index (χ0n) is 11.3. The van der Waals surface area contributed by atoms with Crippen LogP contribution in [0, 0.1) is 5.92 Å². The number of anilines is 1. The Morgan fingerprint density at radius 2 is 2.10 bits per heavy atom. The number of hydrogen-bond acceptors (Lipinski definition) is 5. The summed E-state index contributed by atoms with van der Waals surface area (Å²) < 4.78 is 5.11. The van der Waals surface area contributed by atoms with Crippen LogP contribution in [0.25, 0.3) is 0 Å². The predicted octanol–water partition coefficient (Wildman–Crippen LogP) is 2.23. The molecule has 2 heterocycles. The van der Waals surface area contributed by atoms with Gasteiger partial charge >= 0.3 is 0 Å². The van der Waals surface area contributed by atoms with E-state index in [4.69, 9.17) is 4.42 Å². The molecule has 1 fully saturated rings. The highest BCUT2D eigenvalue weighted by atomic mass is 16.3. The van der Waals surface area contributed by atoms with Crippen LogP contribution in [0.1, 0.15) is 41.8 Å². The van der Waals surface area contributed by atoms with E-state index < -0.39 is 0 Å². The molecule has 0 bridgehead atoms. The molecule has 1 saturated carbocycles. The molecule has 1 aliphatic carbocycles. The fourth-order valence-corrected chi connectivity index (χ4v) is 2.00. The van der Waals surface area contributed by atoms with Crippen LogP contribution < -0.4 is 5.32 Å². The molecule has 1 amide bonds. The lowest BCUT2D eigenvalue weighted by molar-refractivity contribution is 0.0995. The van der Waals surface area contributed by atoms with Crippen molar-refractivity contribution >= 4 is 11.6 Å². The quantitative estimate of drug-likeness (QED) is 0.902. The van der Waals surface area contributed by atoms with E-state index in [1.165, 1.54) is 19.2 Å². The van der Waals surface area contributed by atoms with E-state index >= 15 is 0 Å². The van der Waals surface area contributed by atoms with Crippen LogP contribution in [0.3, 0.4) is 0 Å². The SMILES string of the molecule is CCc1ncoc1C(=O)Nc1cnc(CC2CC2)nc1. The first kappa shape index (κ1) is 12.8. The largest absolute Gasteiger partial charge is 0.438 e. The van der Waals surface area contributed by atoms with E-state index in [-0.39, 0.29) is 11.7 Å². The van der Waals surface area contributed by atoms with Gasteiger partial charge in [0.1, 0.15) is 5.82 Å². The van der Waals surface area contributed by atoms with Crippen molar-refractivity contribution in [2.45, 2.75) is 32.6 Å². The van der Waals surface area contributed by atoms with Crippen LogP contribution >= 0.6 is 0 Å². The number of amides is 1. The van der Waals surface area contributed by atoms with E-state index in [9.17, 15) is 4.79 Å². The smallest absolute Gasteiger partial charge is 0.293 e. The molecule has 6 heteroatoms. The second-order valence-corrected chi connectivity index (χ2v) is 4.97. The zero-order chi connectivity index (χ0) is 13.9. The lowest BCUT2D eigenvalue weighted by Crippen LogP contribution is -2.13. The Balaban J connectivity index is 1.66. The van der Waals surface area contributed by atoms with Crippen LogP contribution in [0.4, 0.5) is 5.69 Å². The molecule has 0 aromatic carbocycles. The average Bonchev–Trinajstić information content (AvgIpc) is 3.14. The summed E-state index contributed by atoms with van der Waals surface area (Å²) in [6.07, 6.45) is 8.66. The molecule has 1 aliphatic rings. The van der Waals surface area contributed by atoms with Gasteiger partial charge in [-0.3, -0.25) is 4.79 Å². The highest BCUT2D eigenvalue weighted by Crippen LogP contribution is 2.31. The van der Waals surface area contributed by atoms with Crippen LogP contribution in [0.15, 0.2) is 23.2 Å². The standard InChI is InChI=1S/C14H16N4O2/c1-2-11-13(20-8-17-11)14(19)18-10-6-15-12(16-7-10)5-9-3-4-9/h6-9H,2-5H2,1H3,(H,18,19). The number of aryl methyl sites for hydroxylation is 1. The summed E-state index contributed by atoms with van der Waals surface area (Å²) in [5.41, 5.74) is 1.21. The normalized spacial score (nSPS) is 14.2. The van der Waals surface area contributed by atoms with Gasteiger partial charge in [-0.15, -0.1) is 0 Å². The first-order chi connectivity index (χ1) is 9.76. The van der Waals surface area contributed by atoms with Gasteiger partial charge in [0.05, 0.1) is 23.8 Å². The van der Waals surface area contributed by atoms with E-state index in [2.05, 4.69) is 20.3 Å². The first-order valence-electron chi connectivity index (χ1n) is 6.81. The molecule has 0 saturated heterocycles. The Labute approximate surface area is 116 Å². The molecular formula is C14H16N4O2. The minimum absolute atomic E-state index is 0.245. The minimum atomic E-state index is -0.321. The maximum atomic E-state index is 12.0. The number of carbonyl (C=O) groups is 1. The third kappa shape index (κ3) is 2.84. The summed E-state index contributed by atoms with van der Waals surface area (Å²) in [5, 5.41) is 2.72. The number of nitrogens with zero attached hydrogens (tertiary/aromatic N) is 3. The maximum absolute atomic E-state index is 12.0. The van der Waals surface area contributed by atoms with Crippen LogP contribution in [0.5, 0.6) is 0 Å². The van der Waals surface area contributed by atoms with E-state index in [1.54, 1.807) is 12.4 Å². The van der Waals surface area contributed by atoms with Gasteiger partial charge < -0.3 is 9.73 Å². The van der Waals surface area contributed by atoms with Gasteiger partial charge in [0.25, 0.3) is 5.91 Å².